The molecule has 2 bridgehead atoms. The smallest absolute Gasteiger partial charge is 0.313 e. The number of nitrogens with zero attached hydrogens (tertiary/aromatic N) is 2. The van der Waals surface area contributed by atoms with Gasteiger partial charge in [0.15, 0.2) is 5.60 Å². The molecule has 0 N–H and O–H groups in total. The van der Waals surface area contributed by atoms with E-state index < -0.39 is 16.4 Å². The van der Waals surface area contributed by atoms with Crippen LogP contribution < -0.4 is 0 Å². The minimum absolute atomic E-state index is 0.0258. The molecule has 3 fully saturated rings. The zero-order valence-electron chi connectivity index (χ0n) is 13.6. The van der Waals surface area contributed by atoms with Crippen molar-refractivity contribution in [2.24, 2.45) is 10.8 Å². The highest BCUT2D eigenvalue weighted by molar-refractivity contribution is 5.96. The first-order valence-corrected chi connectivity index (χ1v) is 8.04. The molecule has 5 heteroatoms. The molecule has 3 rings (SSSR count). The van der Waals surface area contributed by atoms with Crippen molar-refractivity contribution in [1.29, 1.82) is 0 Å². The fourth-order valence-corrected chi connectivity index (χ4v) is 4.24. The van der Waals surface area contributed by atoms with Gasteiger partial charge in [-0.3, -0.25) is 9.59 Å². The van der Waals surface area contributed by atoms with Gasteiger partial charge in [0.2, 0.25) is 0 Å². The molecule has 2 aliphatic heterocycles. The van der Waals surface area contributed by atoms with Crippen LogP contribution in [-0.2, 0) is 14.3 Å². The van der Waals surface area contributed by atoms with Crippen molar-refractivity contribution >= 4 is 11.9 Å². The number of carbonyl (C=O) groups is 2. The number of esters is 1. The quantitative estimate of drug-likeness (QED) is 0.720. The van der Waals surface area contributed by atoms with Gasteiger partial charge in [-0.15, -0.1) is 0 Å². The van der Waals surface area contributed by atoms with Gasteiger partial charge in [-0.1, -0.05) is 20.8 Å². The molecule has 0 aromatic carbocycles. The van der Waals surface area contributed by atoms with Crippen LogP contribution in [0.15, 0.2) is 0 Å². The van der Waals surface area contributed by atoms with Crippen molar-refractivity contribution in [3.05, 3.63) is 0 Å². The summed E-state index contributed by atoms with van der Waals surface area (Å²) in [5, 5.41) is 0. The number of ether oxygens (including phenoxy) is 1. The second-order valence-electron chi connectivity index (χ2n) is 7.40. The lowest BCUT2D eigenvalue weighted by Crippen LogP contribution is -2.59. The number of fused-ring (bicyclic) bond motifs is 2. The highest BCUT2D eigenvalue weighted by Crippen LogP contribution is 2.65. The van der Waals surface area contributed by atoms with E-state index in [4.69, 9.17) is 4.74 Å². The third kappa shape index (κ3) is 1.67. The van der Waals surface area contributed by atoms with Gasteiger partial charge < -0.3 is 14.5 Å². The second kappa shape index (κ2) is 4.45. The summed E-state index contributed by atoms with van der Waals surface area (Å²) in [4.78, 5) is 29.6. The average Bonchev–Trinajstić information content (AvgIpc) is 2.77. The number of rotatable bonds is 2. The molecule has 1 amide bonds. The lowest BCUT2D eigenvalue weighted by Gasteiger charge is -2.42. The summed E-state index contributed by atoms with van der Waals surface area (Å²) in [6.07, 6.45) is 1.41. The summed E-state index contributed by atoms with van der Waals surface area (Å²) in [6, 6.07) is 0. The van der Waals surface area contributed by atoms with E-state index >= 15 is 0 Å². The van der Waals surface area contributed by atoms with Crippen molar-refractivity contribution < 1.29 is 14.3 Å². The zero-order valence-corrected chi connectivity index (χ0v) is 13.6. The summed E-state index contributed by atoms with van der Waals surface area (Å²) >= 11 is 0. The van der Waals surface area contributed by atoms with Gasteiger partial charge in [-0.05, 0) is 26.3 Å². The largest absolute Gasteiger partial charge is 0.448 e. The van der Waals surface area contributed by atoms with Crippen LogP contribution in [0.2, 0.25) is 0 Å². The standard InChI is InChI=1S/C16H26N2O3/c1-5-17-8-10-18(11-9-17)12(19)16-7-6-15(4,13(20)21-16)14(16,2)3/h5-11H2,1-4H3/t15-,16+/m0/s1. The molecule has 21 heavy (non-hydrogen) atoms. The number of hydrogen-bond acceptors (Lipinski definition) is 4. The summed E-state index contributed by atoms with van der Waals surface area (Å²) in [6.45, 7) is 12.4. The maximum atomic E-state index is 13.1. The van der Waals surface area contributed by atoms with E-state index in [-0.39, 0.29) is 11.9 Å². The van der Waals surface area contributed by atoms with Gasteiger partial charge in [0, 0.05) is 31.6 Å². The molecular weight excluding hydrogens is 268 g/mol. The molecule has 2 atom stereocenters. The fourth-order valence-electron chi connectivity index (χ4n) is 4.24. The third-order valence-corrected chi connectivity index (χ3v) is 6.54. The van der Waals surface area contributed by atoms with Crippen molar-refractivity contribution in [1.82, 2.24) is 9.80 Å². The maximum absolute atomic E-state index is 13.1. The molecular formula is C16H26N2O3. The molecule has 0 unspecified atom stereocenters. The molecule has 0 radical (unpaired) electrons. The summed E-state index contributed by atoms with van der Waals surface area (Å²) in [5.74, 6) is -0.169. The van der Waals surface area contributed by atoms with Gasteiger partial charge in [-0.2, -0.15) is 0 Å². The van der Waals surface area contributed by atoms with Crippen LogP contribution in [0.1, 0.15) is 40.5 Å². The van der Waals surface area contributed by atoms with Gasteiger partial charge in [0.05, 0.1) is 5.41 Å². The van der Waals surface area contributed by atoms with Gasteiger partial charge in [0.25, 0.3) is 5.91 Å². The van der Waals surface area contributed by atoms with Crippen molar-refractivity contribution in [3.63, 3.8) is 0 Å². The Morgan fingerprint density at radius 2 is 1.76 bits per heavy atom. The number of hydrogen-bond donors (Lipinski definition) is 0. The summed E-state index contributed by atoms with van der Waals surface area (Å²) in [7, 11) is 0. The second-order valence-corrected chi connectivity index (χ2v) is 7.40. The lowest BCUT2D eigenvalue weighted by molar-refractivity contribution is -0.175. The Hall–Kier alpha value is -1.10. The molecule has 2 saturated heterocycles. The van der Waals surface area contributed by atoms with Crippen LogP contribution in [0.5, 0.6) is 0 Å². The van der Waals surface area contributed by atoms with Crippen LogP contribution in [0.25, 0.3) is 0 Å². The zero-order chi connectivity index (χ0) is 15.5. The van der Waals surface area contributed by atoms with E-state index in [1.807, 2.05) is 25.7 Å². The molecule has 1 saturated carbocycles. The summed E-state index contributed by atoms with van der Waals surface area (Å²) < 4.78 is 5.69. The van der Waals surface area contributed by atoms with Crippen LogP contribution >= 0.6 is 0 Å². The molecule has 0 aromatic heterocycles. The van der Waals surface area contributed by atoms with E-state index in [0.29, 0.717) is 6.42 Å². The minimum Gasteiger partial charge on any atom is -0.448 e. The Morgan fingerprint density at radius 1 is 1.14 bits per heavy atom. The van der Waals surface area contributed by atoms with E-state index in [2.05, 4.69) is 11.8 Å². The Balaban J connectivity index is 1.84. The van der Waals surface area contributed by atoms with Crippen LogP contribution in [-0.4, -0.2) is 60.0 Å². The van der Waals surface area contributed by atoms with Crippen molar-refractivity contribution in [3.8, 4) is 0 Å². The van der Waals surface area contributed by atoms with E-state index in [1.165, 1.54) is 0 Å². The Morgan fingerprint density at radius 3 is 2.19 bits per heavy atom. The molecule has 2 heterocycles. The van der Waals surface area contributed by atoms with Crippen LogP contribution in [0, 0.1) is 10.8 Å². The molecule has 0 spiro atoms. The Kier molecular flexibility index (Phi) is 3.14. The molecule has 3 aliphatic rings. The predicted octanol–water partition coefficient (Wildman–Crippen LogP) is 1.27. The van der Waals surface area contributed by atoms with Crippen LogP contribution in [0.3, 0.4) is 0 Å². The topological polar surface area (TPSA) is 49.9 Å². The SMILES string of the molecule is CCN1CCN(C(=O)[C@@]23CC[C@@](C)(C(=O)O2)C3(C)C)CC1. The first kappa shape index (κ1) is 14.8. The number of likely N-dealkylation sites (N-methyl/N-ethyl adjacent to an activating group) is 1. The molecule has 5 nitrogen and oxygen atoms in total. The molecule has 1 aliphatic carbocycles. The maximum Gasteiger partial charge on any atom is 0.313 e. The highest BCUT2D eigenvalue weighted by atomic mass is 16.6. The highest BCUT2D eigenvalue weighted by Gasteiger charge is 2.76. The van der Waals surface area contributed by atoms with E-state index in [9.17, 15) is 9.59 Å². The number of piperazine rings is 1. The molecule has 0 aromatic rings. The first-order chi connectivity index (χ1) is 9.78. The van der Waals surface area contributed by atoms with Gasteiger partial charge >= 0.3 is 5.97 Å². The van der Waals surface area contributed by atoms with E-state index in [0.717, 1.165) is 39.1 Å². The Bertz CT molecular complexity index is 482. The van der Waals surface area contributed by atoms with Crippen LogP contribution in [0.4, 0.5) is 0 Å². The predicted molar refractivity (Wildman–Crippen MR) is 78.6 cm³/mol. The fraction of sp³-hybridized carbons (Fsp3) is 0.875. The van der Waals surface area contributed by atoms with Gasteiger partial charge in [-0.25, -0.2) is 0 Å². The minimum atomic E-state index is -0.937. The molecule has 118 valence electrons. The normalized spacial score (nSPS) is 38.7. The monoisotopic (exact) mass is 294 g/mol. The van der Waals surface area contributed by atoms with Crippen molar-refractivity contribution in [2.75, 3.05) is 32.7 Å². The van der Waals surface area contributed by atoms with E-state index in [1.54, 1.807) is 0 Å². The number of carbonyl (C=O) groups excluding carboxylic acids is 2. The Labute approximate surface area is 126 Å². The number of amides is 1. The third-order valence-electron chi connectivity index (χ3n) is 6.54. The van der Waals surface area contributed by atoms with Crippen molar-refractivity contribution in [2.45, 2.75) is 46.1 Å². The van der Waals surface area contributed by atoms with Gasteiger partial charge in [0.1, 0.15) is 0 Å². The summed E-state index contributed by atoms with van der Waals surface area (Å²) in [5.41, 5.74) is -1.89. The average molecular weight is 294 g/mol. The first-order valence-electron chi connectivity index (χ1n) is 8.04. The lowest BCUT2D eigenvalue weighted by atomic mass is 9.66.